The molecule has 0 saturated carbocycles. The van der Waals surface area contributed by atoms with Gasteiger partial charge in [0, 0.05) is 6.42 Å². The summed E-state index contributed by atoms with van der Waals surface area (Å²) in [7, 11) is 0. The summed E-state index contributed by atoms with van der Waals surface area (Å²) in [5, 5.41) is 20.0. The number of carbonyl (C=O) groups is 2. The first-order chi connectivity index (χ1) is 12.9. The zero-order chi connectivity index (χ0) is 19.4. The minimum atomic E-state index is -1.83. The van der Waals surface area contributed by atoms with Crippen LogP contribution < -0.4 is 5.01 Å². The molecular formula is C20H19N3O4. The first-order valence-corrected chi connectivity index (χ1v) is 8.39. The molecule has 0 aromatic heterocycles. The van der Waals surface area contributed by atoms with Gasteiger partial charge >= 0.3 is 5.97 Å². The number of aliphatic hydroxyl groups is 1. The molecule has 1 aliphatic heterocycles. The van der Waals surface area contributed by atoms with Crippen molar-refractivity contribution in [1.82, 2.24) is 0 Å². The number of hydrazone groups is 1. The molecule has 0 radical (unpaired) electrons. The smallest absolute Gasteiger partial charge is 0.365 e. The van der Waals surface area contributed by atoms with Crippen LogP contribution in [-0.2, 0) is 9.63 Å². The number of benzene rings is 2. The predicted molar refractivity (Wildman–Crippen MR) is 102 cm³/mol. The van der Waals surface area contributed by atoms with Crippen LogP contribution in [0.5, 0.6) is 0 Å². The van der Waals surface area contributed by atoms with E-state index < -0.39 is 17.5 Å². The monoisotopic (exact) mass is 365 g/mol. The van der Waals surface area contributed by atoms with Gasteiger partial charge in [0.25, 0.3) is 5.91 Å². The maximum atomic E-state index is 12.7. The Hall–Kier alpha value is -3.32. The van der Waals surface area contributed by atoms with Crippen LogP contribution in [0.1, 0.15) is 30.6 Å². The van der Waals surface area contributed by atoms with Crippen LogP contribution in [-0.4, -0.2) is 34.0 Å². The standard InChI is InChI=1S/C20H19N3O4/c1-14(22-27-18(24)16-9-5-3-6-10-16)13-20(26)15(2)21-23(19(20)25)17-11-7-4-8-12-17/h3-12,26H,13H2,1-2H3/b22-14+. The van der Waals surface area contributed by atoms with E-state index in [2.05, 4.69) is 10.3 Å². The Morgan fingerprint density at radius 2 is 1.74 bits per heavy atom. The lowest BCUT2D eigenvalue weighted by Crippen LogP contribution is -2.47. The normalized spacial score (nSPS) is 19.8. The molecule has 1 heterocycles. The van der Waals surface area contributed by atoms with Gasteiger partial charge in [0.05, 0.1) is 22.7 Å². The van der Waals surface area contributed by atoms with Gasteiger partial charge in [-0.1, -0.05) is 41.6 Å². The fraction of sp³-hybridized carbons (Fsp3) is 0.200. The van der Waals surface area contributed by atoms with Crippen molar-refractivity contribution in [3.63, 3.8) is 0 Å². The Morgan fingerprint density at radius 1 is 1.15 bits per heavy atom. The van der Waals surface area contributed by atoms with Gasteiger partial charge in [-0.15, -0.1) is 0 Å². The van der Waals surface area contributed by atoms with Crippen molar-refractivity contribution in [3.05, 3.63) is 66.2 Å². The van der Waals surface area contributed by atoms with E-state index in [4.69, 9.17) is 4.84 Å². The van der Waals surface area contributed by atoms with Gasteiger partial charge in [0.15, 0.2) is 5.60 Å². The number of para-hydroxylation sites is 1. The van der Waals surface area contributed by atoms with Gasteiger partial charge in [0.2, 0.25) is 0 Å². The molecule has 2 aromatic rings. The Bertz CT molecular complexity index is 909. The van der Waals surface area contributed by atoms with Gasteiger partial charge in [-0.05, 0) is 38.1 Å². The third kappa shape index (κ3) is 3.78. The number of anilines is 1. The van der Waals surface area contributed by atoms with Gasteiger partial charge in [0.1, 0.15) is 0 Å². The number of carbonyl (C=O) groups excluding carboxylic acids is 2. The van der Waals surface area contributed by atoms with Crippen LogP contribution in [0, 0.1) is 0 Å². The zero-order valence-electron chi connectivity index (χ0n) is 15.0. The second-order valence-electron chi connectivity index (χ2n) is 6.25. The highest BCUT2D eigenvalue weighted by molar-refractivity contribution is 6.22. The third-order valence-electron chi connectivity index (χ3n) is 4.20. The fourth-order valence-corrected chi connectivity index (χ4v) is 2.70. The van der Waals surface area contributed by atoms with Crippen LogP contribution in [0.25, 0.3) is 0 Å². The molecule has 3 rings (SSSR count). The molecule has 1 aliphatic rings. The number of nitrogens with zero attached hydrogens (tertiary/aromatic N) is 3. The van der Waals surface area contributed by atoms with E-state index in [-0.39, 0.29) is 12.1 Å². The van der Waals surface area contributed by atoms with Crippen molar-refractivity contribution in [2.24, 2.45) is 10.3 Å². The number of hydrogen-bond acceptors (Lipinski definition) is 6. The zero-order valence-corrected chi connectivity index (χ0v) is 15.0. The molecule has 0 bridgehead atoms. The van der Waals surface area contributed by atoms with Crippen molar-refractivity contribution >= 4 is 29.0 Å². The summed E-state index contributed by atoms with van der Waals surface area (Å²) < 4.78 is 0. The van der Waals surface area contributed by atoms with Crippen molar-refractivity contribution in [2.45, 2.75) is 25.9 Å². The molecular weight excluding hydrogens is 346 g/mol. The second kappa shape index (κ2) is 7.51. The summed E-state index contributed by atoms with van der Waals surface area (Å²) in [5.41, 5.74) is -0.372. The Kier molecular flexibility index (Phi) is 5.14. The van der Waals surface area contributed by atoms with Crippen LogP contribution in [0.15, 0.2) is 70.9 Å². The van der Waals surface area contributed by atoms with Crippen molar-refractivity contribution < 1.29 is 19.5 Å². The number of amides is 1. The topological polar surface area (TPSA) is 91.6 Å². The molecule has 0 aliphatic carbocycles. The van der Waals surface area contributed by atoms with E-state index >= 15 is 0 Å². The van der Waals surface area contributed by atoms with Crippen molar-refractivity contribution in [3.8, 4) is 0 Å². The van der Waals surface area contributed by atoms with Gasteiger partial charge < -0.3 is 9.94 Å². The lowest BCUT2D eigenvalue weighted by molar-refractivity contribution is -0.129. The average Bonchev–Trinajstić information content (AvgIpc) is 2.91. The minimum absolute atomic E-state index is 0.132. The van der Waals surface area contributed by atoms with Gasteiger partial charge in [-0.2, -0.15) is 10.1 Å². The minimum Gasteiger partial charge on any atom is -0.374 e. The largest absolute Gasteiger partial charge is 0.374 e. The van der Waals surface area contributed by atoms with Gasteiger partial charge in [-0.3, -0.25) is 4.79 Å². The molecule has 1 unspecified atom stereocenters. The highest BCUT2D eigenvalue weighted by atomic mass is 16.7. The number of hydrogen-bond donors (Lipinski definition) is 1. The lowest BCUT2D eigenvalue weighted by Gasteiger charge is -2.21. The molecule has 7 heteroatoms. The summed E-state index contributed by atoms with van der Waals surface area (Å²) in [5.74, 6) is -1.19. The fourth-order valence-electron chi connectivity index (χ4n) is 2.70. The molecule has 7 nitrogen and oxygen atoms in total. The van der Waals surface area contributed by atoms with Crippen molar-refractivity contribution in [2.75, 3.05) is 5.01 Å². The first kappa shape index (κ1) is 18.5. The van der Waals surface area contributed by atoms with E-state index in [1.807, 2.05) is 6.07 Å². The molecule has 138 valence electrons. The number of oxime groups is 1. The predicted octanol–water partition coefficient (Wildman–Crippen LogP) is 2.76. The molecule has 0 spiro atoms. The molecule has 27 heavy (non-hydrogen) atoms. The summed E-state index contributed by atoms with van der Waals surface area (Å²) in [6.07, 6.45) is -0.132. The van der Waals surface area contributed by atoms with E-state index in [9.17, 15) is 14.7 Å². The molecule has 0 saturated heterocycles. The Balaban J connectivity index is 1.71. The third-order valence-corrected chi connectivity index (χ3v) is 4.20. The Morgan fingerprint density at radius 3 is 2.37 bits per heavy atom. The highest BCUT2D eigenvalue weighted by Crippen LogP contribution is 2.29. The maximum Gasteiger partial charge on any atom is 0.365 e. The number of rotatable bonds is 5. The Labute approximate surface area is 156 Å². The lowest BCUT2D eigenvalue weighted by atomic mass is 9.92. The molecule has 2 aromatic carbocycles. The van der Waals surface area contributed by atoms with E-state index in [1.165, 1.54) is 5.01 Å². The summed E-state index contributed by atoms with van der Waals surface area (Å²) in [4.78, 5) is 29.6. The first-order valence-electron chi connectivity index (χ1n) is 8.39. The summed E-state index contributed by atoms with van der Waals surface area (Å²) in [6.45, 7) is 3.14. The second-order valence-corrected chi connectivity index (χ2v) is 6.25. The van der Waals surface area contributed by atoms with Crippen LogP contribution in [0.4, 0.5) is 5.69 Å². The van der Waals surface area contributed by atoms with Crippen molar-refractivity contribution in [1.29, 1.82) is 0 Å². The highest BCUT2D eigenvalue weighted by Gasteiger charge is 2.48. The maximum absolute atomic E-state index is 12.7. The van der Waals surface area contributed by atoms with E-state index in [0.29, 0.717) is 17.0 Å². The molecule has 1 amide bonds. The average molecular weight is 365 g/mol. The molecule has 1 N–H and O–H groups in total. The summed E-state index contributed by atoms with van der Waals surface area (Å²) in [6, 6.07) is 17.3. The van der Waals surface area contributed by atoms with Crippen LogP contribution >= 0.6 is 0 Å². The quantitative estimate of drug-likeness (QED) is 0.501. The van der Waals surface area contributed by atoms with Crippen LogP contribution in [0.3, 0.4) is 0 Å². The van der Waals surface area contributed by atoms with E-state index in [0.717, 1.165) is 0 Å². The molecule has 0 fully saturated rings. The summed E-state index contributed by atoms with van der Waals surface area (Å²) >= 11 is 0. The SMILES string of the molecule is CC1=NN(c2ccccc2)C(=O)C1(O)C/C(C)=N/OC(=O)c1ccccc1. The van der Waals surface area contributed by atoms with E-state index in [1.54, 1.807) is 68.4 Å². The molecule has 1 atom stereocenters. The van der Waals surface area contributed by atoms with Crippen LogP contribution in [0.2, 0.25) is 0 Å². The van der Waals surface area contributed by atoms with Gasteiger partial charge in [-0.25, -0.2) is 4.79 Å².